The summed E-state index contributed by atoms with van der Waals surface area (Å²) in [5.41, 5.74) is 6.15. The summed E-state index contributed by atoms with van der Waals surface area (Å²) < 4.78 is 0. The third kappa shape index (κ3) is 4.45. The number of carbonyl (C=O) groups is 3. The molecule has 3 amide bonds. The molecule has 1 saturated heterocycles. The molecule has 1 unspecified atom stereocenters. The molecule has 0 spiro atoms. The van der Waals surface area contributed by atoms with Crippen molar-refractivity contribution in [2.24, 2.45) is 11.7 Å². The number of benzene rings is 1. The molecular formula is C18H20N4O3S. The first-order valence-electron chi connectivity index (χ1n) is 8.41. The maximum Gasteiger partial charge on any atom is 0.260 e. The van der Waals surface area contributed by atoms with Crippen LogP contribution in [-0.2, 0) is 16.0 Å². The molecule has 3 N–H and O–H groups in total. The van der Waals surface area contributed by atoms with E-state index in [2.05, 4.69) is 10.3 Å². The average Bonchev–Trinajstić information content (AvgIpc) is 3.11. The van der Waals surface area contributed by atoms with Crippen LogP contribution in [0.5, 0.6) is 0 Å². The van der Waals surface area contributed by atoms with Crippen LogP contribution < -0.4 is 11.1 Å². The van der Waals surface area contributed by atoms with E-state index in [1.807, 2.05) is 30.3 Å². The van der Waals surface area contributed by atoms with Crippen molar-refractivity contribution in [1.29, 1.82) is 0 Å². The smallest absolute Gasteiger partial charge is 0.260 e. The van der Waals surface area contributed by atoms with E-state index in [0.29, 0.717) is 29.5 Å². The number of rotatable bonds is 5. The zero-order chi connectivity index (χ0) is 18.5. The number of primary amides is 1. The highest BCUT2D eigenvalue weighted by molar-refractivity contribution is 7.17. The fourth-order valence-electron chi connectivity index (χ4n) is 2.95. The molecule has 8 heteroatoms. The van der Waals surface area contributed by atoms with Crippen LogP contribution in [0.15, 0.2) is 36.5 Å². The number of nitrogens with one attached hydrogen (secondary N) is 1. The molecule has 0 saturated carbocycles. The van der Waals surface area contributed by atoms with Crippen molar-refractivity contribution in [2.75, 3.05) is 18.4 Å². The van der Waals surface area contributed by atoms with Gasteiger partial charge in [0.05, 0.1) is 18.5 Å². The summed E-state index contributed by atoms with van der Waals surface area (Å²) in [6.07, 6.45) is 3.18. The zero-order valence-corrected chi connectivity index (χ0v) is 15.0. The minimum Gasteiger partial charge on any atom is -0.365 e. The second-order valence-corrected chi connectivity index (χ2v) is 7.26. The summed E-state index contributed by atoms with van der Waals surface area (Å²) in [4.78, 5) is 42.1. The van der Waals surface area contributed by atoms with E-state index < -0.39 is 5.91 Å². The van der Waals surface area contributed by atoms with E-state index in [4.69, 9.17) is 5.73 Å². The van der Waals surface area contributed by atoms with Gasteiger partial charge in [0.15, 0.2) is 5.13 Å². The molecule has 1 atom stereocenters. The third-order valence-corrected chi connectivity index (χ3v) is 5.25. The summed E-state index contributed by atoms with van der Waals surface area (Å²) in [7, 11) is 0. The number of nitrogens with zero attached hydrogens (tertiary/aromatic N) is 2. The Morgan fingerprint density at radius 2 is 2.04 bits per heavy atom. The minimum atomic E-state index is -0.571. The van der Waals surface area contributed by atoms with Gasteiger partial charge >= 0.3 is 0 Å². The molecule has 7 nitrogen and oxygen atoms in total. The molecule has 2 heterocycles. The van der Waals surface area contributed by atoms with E-state index in [1.54, 1.807) is 4.90 Å². The second-order valence-electron chi connectivity index (χ2n) is 6.22. The average molecular weight is 372 g/mol. The van der Waals surface area contributed by atoms with E-state index in [-0.39, 0.29) is 17.7 Å². The number of thiazole rings is 1. The number of hydrogen-bond acceptors (Lipinski definition) is 5. The lowest BCUT2D eigenvalue weighted by atomic mass is 9.96. The summed E-state index contributed by atoms with van der Waals surface area (Å²) >= 11 is 1.04. The number of piperidine rings is 1. The lowest BCUT2D eigenvalue weighted by molar-refractivity contribution is -0.133. The van der Waals surface area contributed by atoms with Gasteiger partial charge in [-0.3, -0.25) is 14.4 Å². The number of nitrogens with two attached hydrogens (primary N) is 1. The Balaban J connectivity index is 1.57. The SMILES string of the molecule is NC(=O)c1cnc(NC(=O)C2CCCN(C(=O)Cc3ccccc3)C2)s1. The second kappa shape index (κ2) is 8.09. The van der Waals surface area contributed by atoms with Crippen molar-refractivity contribution in [3.63, 3.8) is 0 Å². The molecule has 136 valence electrons. The van der Waals surface area contributed by atoms with Crippen molar-refractivity contribution in [1.82, 2.24) is 9.88 Å². The third-order valence-electron chi connectivity index (χ3n) is 4.32. The van der Waals surface area contributed by atoms with Crippen molar-refractivity contribution in [2.45, 2.75) is 19.3 Å². The molecule has 3 rings (SSSR count). The monoisotopic (exact) mass is 372 g/mol. The van der Waals surface area contributed by atoms with Crippen molar-refractivity contribution >= 4 is 34.2 Å². The van der Waals surface area contributed by atoms with Crippen LogP contribution in [0.4, 0.5) is 5.13 Å². The summed E-state index contributed by atoms with van der Waals surface area (Å²) in [6, 6.07) is 9.57. The van der Waals surface area contributed by atoms with Gasteiger partial charge in [-0.05, 0) is 18.4 Å². The van der Waals surface area contributed by atoms with Crippen molar-refractivity contribution < 1.29 is 14.4 Å². The van der Waals surface area contributed by atoms with Crippen LogP contribution in [0.25, 0.3) is 0 Å². The highest BCUT2D eigenvalue weighted by atomic mass is 32.1. The molecule has 1 fully saturated rings. The van der Waals surface area contributed by atoms with Crippen LogP contribution in [0.3, 0.4) is 0 Å². The number of likely N-dealkylation sites (tertiary alicyclic amines) is 1. The topological polar surface area (TPSA) is 105 Å². The fraction of sp³-hybridized carbons (Fsp3) is 0.333. The first kappa shape index (κ1) is 18.1. The molecule has 1 aromatic carbocycles. The standard InChI is InChI=1S/C18H20N4O3S/c19-16(24)14-10-20-18(26-14)21-17(25)13-7-4-8-22(11-13)15(23)9-12-5-2-1-3-6-12/h1-3,5-6,10,13H,4,7-9,11H2,(H2,19,24)(H,20,21,25). The molecule has 2 aromatic rings. The lowest BCUT2D eigenvalue weighted by Crippen LogP contribution is -2.44. The van der Waals surface area contributed by atoms with Gasteiger partial charge in [0.2, 0.25) is 11.8 Å². The first-order chi connectivity index (χ1) is 12.5. The van der Waals surface area contributed by atoms with Crippen molar-refractivity contribution in [3.05, 3.63) is 47.0 Å². The van der Waals surface area contributed by atoms with Gasteiger partial charge in [0.1, 0.15) is 4.88 Å². The van der Waals surface area contributed by atoms with E-state index >= 15 is 0 Å². The largest absolute Gasteiger partial charge is 0.365 e. The molecular weight excluding hydrogens is 352 g/mol. The Bertz CT molecular complexity index is 806. The van der Waals surface area contributed by atoms with Gasteiger partial charge in [0, 0.05) is 13.1 Å². The predicted molar refractivity (Wildman–Crippen MR) is 98.7 cm³/mol. The molecule has 0 bridgehead atoms. The number of hydrogen-bond donors (Lipinski definition) is 2. The van der Waals surface area contributed by atoms with E-state index in [9.17, 15) is 14.4 Å². The Labute approximate surface area is 155 Å². The number of aromatic nitrogens is 1. The normalized spacial score (nSPS) is 16.9. The molecule has 0 radical (unpaired) electrons. The van der Waals surface area contributed by atoms with E-state index in [1.165, 1.54) is 6.20 Å². The van der Waals surface area contributed by atoms with Gasteiger partial charge in [-0.15, -0.1) is 0 Å². The Hall–Kier alpha value is -2.74. The first-order valence-corrected chi connectivity index (χ1v) is 9.23. The fourth-order valence-corrected chi connectivity index (χ4v) is 3.62. The van der Waals surface area contributed by atoms with Crippen LogP contribution in [0, 0.1) is 5.92 Å². The summed E-state index contributed by atoms with van der Waals surface area (Å²) in [5, 5.41) is 3.06. The molecule has 1 aliphatic heterocycles. The Morgan fingerprint density at radius 1 is 1.27 bits per heavy atom. The Morgan fingerprint density at radius 3 is 2.73 bits per heavy atom. The number of anilines is 1. The number of carbonyl (C=O) groups excluding carboxylic acids is 3. The van der Waals surface area contributed by atoms with Gasteiger partial charge in [-0.2, -0.15) is 0 Å². The van der Waals surface area contributed by atoms with Gasteiger partial charge in [-0.1, -0.05) is 41.7 Å². The van der Waals surface area contributed by atoms with Crippen molar-refractivity contribution in [3.8, 4) is 0 Å². The van der Waals surface area contributed by atoms with E-state index in [0.717, 1.165) is 29.7 Å². The predicted octanol–water partition coefficient (Wildman–Crippen LogP) is 1.66. The lowest BCUT2D eigenvalue weighted by Gasteiger charge is -2.32. The molecule has 26 heavy (non-hydrogen) atoms. The zero-order valence-electron chi connectivity index (χ0n) is 14.2. The van der Waals surface area contributed by atoms with Gasteiger partial charge in [0.25, 0.3) is 5.91 Å². The van der Waals surface area contributed by atoms with Crippen LogP contribution in [0.1, 0.15) is 28.1 Å². The maximum absolute atomic E-state index is 12.5. The maximum atomic E-state index is 12.5. The molecule has 0 aliphatic carbocycles. The van der Waals surface area contributed by atoms with Crippen LogP contribution in [-0.4, -0.2) is 40.7 Å². The Kier molecular flexibility index (Phi) is 5.62. The molecule has 1 aromatic heterocycles. The van der Waals surface area contributed by atoms with Gasteiger partial charge in [-0.25, -0.2) is 4.98 Å². The number of amides is 3. The highest BCUT2D eigenvalue weighted by Gasteiger charge is 2.29. The summed E-state index contributed by atoms with van der Waals surface area (Å²) in [6.45, 7) is 1.06. The van der Waals surface area contributed by atoms with Crippen LogP contribution in [0.2, 0.25) is 0 Å². The summed E-state index contributed by atoms with van der Waals surface area (Å²) in [5.74, 6) is -1.02. The molecule has 1 aliphatic rings. The highest BCUT2D eigenvalue weighted by Crippen LogP contribution is 2.22. The van der Waals surface area contributed by atoms with Crippen LogP contribution >= 0.6 is 11.3 Å². The minimum absolute atomic E-state index is 0.0268. The van der Waals surface area contributed by atoms with Gasteiger partial charge < -0.3 is 16.0 Å². The quantitative estimate of drug-likeness (QED) is 0.832.